The van der Waals surface area contributed by atoms with E-state index in [2.05, 4.69) is 15.4 Å². The molecule has 0 spiro atoms. The van der Waals surface area contributed by atoms with Gasteiger partial charge in [-0.3, -0.25) is 15.8 Å². The van der Waals surface area contributed by atoms with Gasteiger partial charge in [-0.25, -0.2) is 9.82 Å². The van der Waals surface area contributed by atoms with Crippen molar-refractivity contribution in [3.8, 4) is 0 Å². The predicted octanol–water partition coefficient (Wildman–Crippen LogP) is 2.32. The lowest BCUT2D eigenvalue weighted by atomic mass is 9.99. The zero-order chi connectivity index (χ0) is 13.9. The Kier molecular flexibility index (Phi) is 3.37. The minimum Gasteiger partial charge on any atom is -0.271 e. The van der Waals surface area contributed by atoms with Crippen LogP contribution in [0.4, 0.5) is 4.39 Å². The molecule has 0 aliphatic rings. The van der Waals surface area contributed by atoms with E-state index in [9.17, 15) is 4.39 Å². The van der Waals surface area contributed by atoms with Crippen molar-refractivity contribution in [1.82, 2.24) is 15.4 Å². The van der Waals surface area contributed by atoms with Crippen LogP contribution in [0.5, 0.6) is 0 Å². The van der Waals surface area contributed by atoms with Gasteiger partial charge in [0.2, 0.25) is 0 Å². The van der Waals surface area contributed by atoms with Gasteiger partial charge in [-0.05, 0) is 17.5 Å². The van der Waals surface area contributed by atoms with E-state index in [1.807, 2.05) is 24.3 Å². The smallest absolute Gasteiger partial charge is 0.141 e. The Morgan fingerprint density at radius 1 is 1.05 bits per heavy atom. The van der Waals surface area contributed by atoms with Crippen molar-refractivity contribution in [1.29, 1.82) is 0 Å². The Labute approximate surface area is 115 Å². The molecular weight excluding hydrogens is 255 g/mol. The second-order valence-electron chi connectivity index (χ2n) is 4.45. The van der Waals surface area contributed by atoms with E-state index in [-0.39, 0.29) is 11.9 Å². The summed E-state index contributed by atoms with van der Waals surface area (Å²) in [6.07, 6.45) is 4.72. The van der Waals surface area contributed by atoms with Gasteiger partial charge in [-0.15, -0.1) is 0 Å². The molecule has 3 N–H and O–H groups in total. The molecule has 5 heteroatoms. The minimum atomic E-state index is -0.374. The van der Waals surface area contributed by atoms with Crippen molar-refractivity contribution >= 4 is 10.8 Å². The molecule has 2 aromatic heterocycles. The first-order valence-corrected chi connectivity index (χ1v) is 6.20. The summed E-state index contributed by atoms with van der Waals surface area (Å²) in [6, 6.07) is 10.5. The molecule has 0 aliphatic carbocycles. The molecule has 1 aromatic carbocycles. The van der Waals surface area contributed by atoms with Gasteiger partial charge in [0.1, 0.15) is 5.82 Å². The minimum absolute atomic E-state index is 0.339. The highest BCUT2D eigenvalue weighted by Crippen LogP contribution is 2.26. The molecule has 0 radical (unpaired) electrons. The summed E-state index contributed by atoms with van der Waals surface area (Å²) in [5.41, 5.74) is 4.27. The first kappa shape index (κ1) is 12.7. The first-order chi connectivity index (χ1) is 9.79. The van der Waals surface area contributed by atoms with E-state index in [1.165, 1.54) is 12.3 Å². The molecule has 100 valence electrons. The number of fused-ring (bicyclic) bond motifs is 1. The fourth-order valence-corrected chi connectivity index (χ4v) is 2.26. The molecule has 20 heavy (non-hydrogen) atoms. The quantitative estimate of drug-likeness (QED) is 0.565. The second-order valence-corrected chi connectivity index (χ2v) is 4.45. The zero-order valence-electron chi connectivity index (χ0n) is 10.6. The van der Waals surface area contributed by atoms with Crippen LogP contribution in [0, 0.1) is 5.82 Å². The van der Waals surface area contributed by atoms with Crippen molar-refractivity contribution in [2.45, 2.75) is 6.04 Å². The van der Waals surface area contributed by atoms with Gasteiger partial charge in [0, 0.05) is 23.3 Å². The lowest BCUT2D eigenvalue weighted by Crippen LogP contribution is -2.29. The van der Waals surface area contributed by atoms with Gasteiger partial charge < -0.3 is 0 Å². The maximum Gasteiger partial charge on any atom is 0.141 e. The summed E-state index contributed by atoms with van der Waals surface area (Å²) in [5.74, 6) is 5.28. The number of nitrogens with two attached hydrogens (primary N) is 1. The van der Waals surface area contributed by atoms with Crippen molar-refractivity contribution in [2.24, 2.45) is 5.84 Å². The number of hydrogen-bond donors (Lipinski definition) is 2. The van der Waals surface area contributed by atoms with Crippen molar-refractivity contribution in [2.75, 3.05) is 0 Å². The third-order valence-electron chi connectivity index (χ3n) is 3.22. The molecule has 0 bridgehead atoms. The molecule has 4 nitrogen and oxygen atoms in total. The Hall–Kier alpha value is -2.37. The first-order valence-electron chi connectivity index (χ1n) is 6.20. The van der Waals surface area contributed by atoms with Gasteiger partial charge >= 0.3 is 0 Å². The number of hydrogen-bond acceptors (Lipinski definition) is 4. The summed E-state index contributed by atoms with van der Waals surface area (Å²) in [5, 5.41) is 2.06. The molecule has 0 fully saturated rings. The van der Waals surface area contributed by atoms with E-state index in [1.54, 1.807) is 18.5 Å². The lowest BCUT2D eigenvalue weighted by molar-refractivity contribution is 0.597. The van der Waals surface area contributed by atoms with Crippen LogP contribution in [0.25, 0.3) is 10.8 Å². The van der Waals surface area contributed by atoms with E-state index in [0.717, 1.165) is 16.3 Å². The number of benzene rings is 1. The van der Waals surface area contributed by atoms with Gasteiger partial charge in [0.25, 0.3) is 0 Å². The van der Waals surface area contributed by atoms with Crippen LogP contribution in [0.1, 0.15) is 17.3 Å². The highest BCUT2D eigenvalue weighted by molar-refractivity contribution is 5.85. The monoisotopic (exact) mass is 268 g/mol. The van der Waals surface area contributed by atoms with Crippen molar-refractivity contribution in [3.05, 3.63) is 72.1 Å². The predicted molar refractivity (Wildman–Crippen MR) is 75.1 cm³/mol. The van der Waals surface area contributed by atoms with E-state index >= 15 is 0 Å². The van der Waals surface area contributed by atoms with Crippen LogP contribution in [0.2, 0.25) is 0 Å². The highest BCUT2D eigenvalue weighted by atomic mass is 19.1. The number of halogens is 1. The Morgan fingerprint density at radius 2 is 1.90 bits per heavy atom. The number of nitrogens with zero attached hydrogens (tertiary/aromatic N) is 2. The number of hydrazine groups is 1. The van der Waals surface area contributed by atoms with Gasteiger partial charge in [-0.1, -0.05) is 24.3 Å². The number of pyridine rings is 2. The summed E-state index contributed by atoms with van der Waals surface area (Å²) < 4.78 is 13.0. The van der Waals surface area contributed by atoms with Gasteiger partial charge in [0.05, 0.1) is 17.9 Å². The van der Waals surface area contributed by atoms with Gasteiger partial charge in [0.15, 0.2) is 0 Å². The normalized spacial score (nSPS) is 12.5. The molecule has 3 aromatic rings. The third-order valence-corrected chi connectivity index (χ3v) is 3.22. The van der Waals surface area contributed by atoms with Crippen LogP contribution < -0.4 is 11.3 Å². The standard InChI is InChI=1S/C15H13FN4/c16-11-5-6-14(19-8-11)15(20-17)13-9-18-7-10-3-1-2-4-12(10)13/h1-9,15,20H,17H2. The summed E-state index contributed by atoms with van der Waals surface area (Å²) in [6.45, 7) is 0. The summed E-state index contributed by atoms with van der Waals surface area (Å²) >= 11 is 0. The molecule has 0 amide bonds. The van der Waals surface area contributed by atoms with Crippen LogP contribution in [-0.4, -0.2) is 9.97 Å². The van der Waals surface area contributed by atoms with Crippen molar-refractivity contribution < 1.29 is 4.39 Å². The zero-order valence-corrected chi connectivity index (χ0v) is 10.6. The molecule has 0 aliphatic heterocycles. The summed E-state index contributed by atoms with van der Waals surface area (Å²) in [4.78, 5) is 8.31. The Balaban J connectivity index is 2.14. The molecule has 0 saturated heterocycles. The van der Waals surface area contributed by atoms with Crippen molar-refractivity contribution in [3.63, 3.8) is 0 Å². The maximum atomic E-state index is 13.0. The maximum absolute atomic E-state index is 13.0. The van der Waals surface area contributed by atoms with Crippen LogP contribution >= 0.6 is 0 Å². The van der Waals surface area contributed by atoms with Crippen LogP contribution in [0.15, 0.2) is 55.0 Å². The van der Waals surface area contributed by atoms with Crippen LogP contribution in [0.3, 0.4) is 0 Å². The SMILES string of the molecule is NNC(c1ccc(F)cn1)c1cncc2ccccc12. The van der Waals surface area contributed by atoms with Gasteiger partial charge in [-0.2, -0.15) is 0 Å². The molecule has 0 saturated carbocycles. The lowest BCUT2D eigenvalue weighted by Gasteiger charge is -2.17. The number of nitrogens with one attached hydrogen (secondary N) is 1. The highest BCUT2D eigenvalue weighted by Gasteiger charge is 2.16. The molecule has 3 rings (SSSR count). The molecule has 1 unspecified atom stereocenters. The second kappa shape index (κ2) is 5.32. The van der Waals surface area contributed by atoms with Crippen LogP contribution in [-0.2, 0) is 0 Å². The Bertz CT molecular complexity index is 722. The molecular formula is C15H13FN4. The fourth-order valence-electron chi connectivity index (χ4n) is 2.26. The number of aromatic nitrogens is 2. The topological polar surface area (TPSA) is 63.8 Å². The number of rotatable bonds is 3. The fraction of sp³-hybridized carbons (Fsp3) is 0.0667. The Morgan fingerprint density at radius 3 is 2.65 bits per heavy atom. The average Bonchev–Trinajstić information content (AvgIpc) is 2.50. The largest absolute Gasteiger partial charge is 0.271 e. The molecule has 1 atom stereocenters. The average molecular weight is 268 g/mol. The molecule has 2 heterocycles. The van der Waals surface area contributed by atoms with E-state index in [4.69, 9.17) is 5.84 Å². The van der Waals surface area contributed by atoms with E-state index < -0.39 is 0 Å². The van der Waals surface area contributed by atoms with E-state index in [0.29, 0.717) is 5.69 Å². The summed E-state index contributed by atoms with van der Waals surface area (Å²) in [7, 11) is 0. The third kappa shape index (κ3) is 2.24.